The second kappa shape index (κ2) is 8.21. The molecule has 24 heavy (non-hydrogen) atoms. The van der Waals surface area contributed by atoms with Gasteiger partial charge in [-0.3, -0.25) is 10.1 Å². The summed E-state index contributed by atoms with van der Waals surface area (Å²) in [7, 11) is 1.29. The number of thiocarbonyl (C=S) groups is 1. The summed E-state index contributed by atoms with van der Waals surface area (Å²) >= 11 is 5.13. The first-order chi connectivity index (χ1) is 11.5. The van der Waals surface area contributed by atoms with Gasteiger partial charge in [-0.2, -0.15) is 0 Å². The SMILES string of the molecule is COC(=O)c1cccc(C(=O)NC(=S)NCc2ccc(C)cc2)c1. The van der Waals surface area contributed by atoms with Crippen LogP contribution in [-0.2, 0) is 11.3 Å². The molecule has 0 aliphatic carbocycles. The number of carbonyl (C=O) groups excluding carboxylic acids is 2. The van der Waals surface area contributed by atoms with Crippen LogP contribution >= 0.6 is 12.2 Å². The van der Waals surface area contributed by atoms with Crippen LogP contribution in [0.5, 0.6) is 0 Å². The zero-order chi connectivity index (χ0) is 17.5. The van der Waals surface area contributed by atoms with Gasteiger partial charge in [0, 0.05) is 12.1 Å². The van der Waals surface area contributed by atoms with Gasteiger partial charge in [0.15, 0.2) is 5.11 Å². The van der Waals surface area contributed by atoms with Gasteiger partial charge in [0.05, 0.1) is 12.7 Å². The zero-order valence-electron chi connectivity index (χ0n) is 13.5. The standard InChI is InChI=1S/C18H18N2O3S/c1-12-6-8-13(9-7-12)11-19-18(24)20-16(21)14-4-3-5-15(10-14)17(22)23-2/h3-10H,11H2,1-2H3,(H2,19,20,21,24). The van der Waals surface area contributed by atoms with Crippen molar-refractivity contribution in [2.24, 2.45) is 0 Å². The molecule has 0 bridgehead atoms. The molecule has 0 radical (unpaired) electrons. The van der Waals surface area contributed by atoms with Crippen molar-refractivity contribution in [3.05, 3.63) is 70.8 Å². The molecule has 0 saturated carbocycles. The van der Waals surface area contributed by atoms with Gasteiger partial charge < -0.3 is 10.1 Å². The summed E-state index contributed by atoms with van der Waals surface area (Å²) in [5.74, 6) is -0.883. The second-order valence-corrected chi connectivity index (χ2v) is 5.60. The van der Waals surface area contributed by atoms with Crippen LogP contribution in [0.3, 0.4) is 0 Å². The molecule has 6 heteroatoms. The van der Waals surface area contributed by atoms with Crippen molar-refractivity contribution in [3.8, 4) is 0 Å². The van der Waals surface area contributed by atoms with Gasteiger partial charge >= 0.3 is 5.97 Å². The van der Waals surface area contributed by atoms with E-state index < -0.39 is 5.97 Å². The number of nitrogens with one attached hydrogen (secondary N) is 2. The van der Waals surface area contributed by atoms with E-state index in [9.17, 15) is 9.59 Å². The van der Waals surface area contributed by atoms with Crippen LogP contribution in [-0.4, -0.2) is 24.1 Å². The summed E-state index contributed by atoms with van der Waals surface area (Å²) in [5, 5.41) is 5.79. The number of amides is 1. The van der Waals surface area contributed by atoms with E-state index in [1.54, 1.807) is 18.2 Å². The van der Waals surface area contributed by atoms with Crippen LogP contribution in [0.2, 0.25) is 0 Å². The number of methoxy groups -OCH3 is 1. The summed E-state index contributed by atoms with van der Waals surface area (Å²) in [4.78, 5) is 23.7. The molecule has 0 atom stereocenters. The fraction of sp³-hybridized carbons (Fsp3) is 0.167. The molecule has 2 aromatic rings. The van der Waals surface area contributed by atoms with Crippen molar-refractivity contribution in [3.63, 3.8) is 0 Å². The van der Waals surface area contributed by atoms with Crippen molar-refractivity contribution in [1.82, 2.24) is 10.6 Å². The highest BCUT2D eigenvalue weighted by Crippen LogP contribution is 2.07. The summed E-state index contributed by atoms with van der Waals surface area (Å²) in [5.41, 5.74) is 2.88. The van der Waals surface area contributed by atoms with Gasteiger partial charge in [-0.15, -0.1) is 0 Å². The maximum atomic E-state index is 12.2. The minimum absolute atomic E-state index is 0.226. The number of carbonyl (C=O) groups is 2. The average molecular weight is 342 g/mol. The third kappa shape index (κ3) is 4.89. The summed E-state index contributed by atoms with van der Waals surface area (Å²) < 4.78 is 4.64. The average Bonchev–Trinajstić information content (AvgIpc) is 2.60. The first kappa shape index (κ1) is 17.6. The maximum Gasteiger partial charge on any atom is 0.337 e. The number of benzene rings is 2. The molecule has 2 N–H and O–H groups in total. The number of aryl methyl sites for hydroxylation is 1. The minimum atomic E-state index is -0.496. The molecular weight excluding hydrogens is 324 g/mol. The number of ether oxygens (including phenoxy) is 1. The third-order valence-electron chi connectivity index (χ3n) is 3.35. The lowest BCUT2D eigenvalue weighted by Gasteiger charge is -2.10. The summed E-state index contributed by atoms with van der Waals surface area (Å²) in [6.45, 7) is 2.53. The maximum absolute atomic E-state index is 12.2. The van der Waals surface area contributed by atoms with Gasteiger partial charge in [-0.1, -0.05) is 35.9 Å². The van der Waals surface area contributed by atoms with Crippen molar-refractivity contribution in [2.75, 3.05) is 7.11 Å². The molecule has 1 amide bonds. The Morgan fingerprint density at radius 1 is 1.08 bits per heavy atom. The number of hydrogen-bond acceptors (Lipinski definition) is 4. The second-order valence-electron chi connectivity index (χ2n) is 5.19. The van der Waals surface area contributed by atoms with Gasteiger partial charge in [-0.05, 0) is 42.9 Å². The first-order valence-electron chi connectivity index (χ1n) is 7.32. The Morgan fingerprint density at radius 2 is 1.75 bits per heavy atom. The monoisotopic (exact) mass is 342 g/mol. The molecule has 0 aliphatic heterocycles. The molecule has 0 saturated heterocycles. The lowest BCUT2D eigenvalue weighted by Crippen LogP contribution is -2.38. The highest BCUT2D eigenvalue weighted by Gasteiger charge is 2.11. The van der Waals surface area contributed by atoms with E-state index >= 15 is 0 Å². The summed E-state index contributed by atoms with van der Waals surface area (Å²) in [6, 6.07) is 14.3. The highest BCUT2D eigenvalue weighted by atomic mass is 32.1. The molecule has 2 aromatic carbocycles. The Kier molecular flexibility index (Phi) is 6.03. The van der Waals surface area contributed by atoms with E-state index in [0.717, 1.165) is 5.56 Å². The molecule has 0 heterocycles. The number of rotatable bonds is 4. The molecule has 0 fully saturated rings. The van der Waals surface area contributed by atoms with Gasteiger partial charge in [0.1, 0.15) is 0 Å². The van der Waals surface area contributed by atoms with Crippen LogP contribution in [0.25, 0.3) is 0 Å². The Balaban J connectivity index is 1.92. The van der Waals surface area contributed by atoms with Gasteiger partial charge in [-0.25, -0.2) is 4.79 Å². The first-order valence-corrected chi connectivity index (χ1v) is 7.73. The van der Waals surface area contributed by atoms with Crippen LogP contribution in [0, 0.1) is 6.92 Å². The zero-order valence-corrected chi connectivity index (χ0v) is 14.3. The fourth-order valence-corrected chi connectivity index (χ4v) is 2.18. The van der Waals surface area contributed by atoms with E-state index in [0.29, 0.717) is 17.7 Å². The Bertz CT molecular complexity index is 757. The van der Waals surface area contributed by atoms with E-state index in [-0.39, 0.29) is 11.0 Å². The lowest BCUT2D eigenvalue weighted by atomic mass is 10.1. The molecular formula is C18H18N2O3S. The predicted molar refractivity (Wildman–Crippen MR) is 95.9 cm³/mol. The number of esters is 1. The third-order valence-corrected chi connectivity index (χ3v) is 3.59. The van der Waals surface area contributed by atoms with Crippen LogP contribution in [0.1, 0.15) is 31.8 Å². The van der Waals surface area contributed by atoms with E-state index in [2.05, 4.69) is 15.4 Å². The van der Waals surface area contributed by atoms with Crippen molar-refractivity contribution < 1.29 is 14.3 Å². The molecule has 124 valence electrons. The normalized spacial score (nSPS) is 9.92. The van der Waals surface area contributed by atoms with Crippen molar-refractivity contribution in [1.29, 1.82) is 0 Å². The van der Waals surface area contributed by atoms with Crippen LogP contribution < -0.4 is 10.6 Å². The van der Waals surface area contributed by atoms with Crippen LogP contribution in [0.4, 0.5) is 0 Å². The summed E-state index contributed by atoms with van der Waals surface area (Å²) in [6.07, 6.45) is 0. The van der Waals surface area contributed by atoms with E-state index in [1.165, 1.54) is 18.7 Å². The van der Waals surface area contributed by atoms with Gasteiger partial charge in [0.2, 0.25) is 0 Å². The molecule has 0 aliphatic rings. The van der Waals surface area contributed by atoms with Crippen LogP contribution in [0.15, 0.2) is 48.5 Å². The minimum Gasteiger partial charge on any atom is -0.465 e. The largest absolute Gasteiger partial charge is 0.465 e. The van der Waals surface area contributed by atoms with E-state index in [4.69, 9.17) is 12.2 Å². The molecule has 5 nitrogen and oxygen atoms in total. The topological polar surface area (TPSA) is 67.4 Å². The molecule has 0 aromatic heterocycles. The molecule has 0 unspecified atom stereocenters. The Morgan fingerprint density at radius 3 is 2.42 bits per heavy atom. The highest BCUT2D eigenvalue weighted by molar-refractivity contribution is 7.80. The molecule has 0 spiro atoms. The Labute approximate surface area is 146 Å². The van der Waals surface area contributed by atoms with Crippen molar-refractivity contribution >= 4 is 29.2 Å². The smallest absolute Gasteiger partial charge is 0.337 e. The quantitative estimate of drug-likeness (QED) is 0.660. The van der Waals surface area contributed by atoms with Gasteiger partial charge in [0.25, 0.3) is 5.91 Å². The van der Waals surface area contributed by atoms with E-state index in [1.807, 2.05) is 31.2 Å². The fourth-order valence-electron chi connectivity index (χ4n) is 2.01. The predicted octanol–water partition coefficient (Wildman–Crippen LogP) is 2.59. The molecule has 2 rings (SSSR count). The van der Waals surface area contributed by atoms with Crippen molar-refractivity contribution in [2.45, 2.75) is 13.5 Å². The number of hydrogen-bond donors (Lipinski definition) is 2. The lowest BCUT2D eigenvalue weighted by molar-refractivity contribution is 0.0600. The Hall–Kier alpha value is -2.73.